The average molecular weight is 370 g/mol. The molecule has 0 radical (unpaired) electrons. The molecule has 6 heteroatoms. The molecule has 138 valence electrons. The molecule has 0 aliphatic rings. The topological polar surface area (TPSA) is 50.7 Å². The zero-order valence-electron chi connectivity index (χ0n) is 14.2. The third kappa shape index (κ3) is 8.31. The van der Waals surface area contributed by atoms with Gasteiger partial charge in [-0.3, -0.25) is 0 Å². The molecule has 0 spiro atoms. The number of aliphatic hydroxyl groups is 1. The number of nitrogens with one attached hydrogen (secondary N) is 1. The maximum Gasteiger partial charge on any atom is 0.123 e. The van der Waals surface area contributed by atoms with Crippen molar-refractivity contribution in [1.29, 1.82) is 0 Å². The molecule has 0 saturated heterocycles. The Morgan fingerprint density at radius 3 is 2.40 bits per heavy atom. The van der Waals surface area contributed by atoms with Gasteiger partial charge >= 0.3 is 0 Å². The van der Waals surface area contributed by atoms with Crippen molar-refractivity contribution >= 4 is 12.4 Å². The van der Waals surface area contributed by atoms with Gasteiger partial charge < -0.3 is 19.9 Å². The molecular weight excluding hydrogens is 345 g/mol. The Morgan fingerprint density at radius 1 is 1.04 bits per heavy atom. The second kappa shape index (κ2) is 11.8. The minimum atomic E-state index is -0.581. The van der Waals surface area contributed by atoms with Crippen LogP contribution in [0.2, 0.25) is 0 Å². The van der Waals surface area contributed by atoms with E-state index in [0.29, 0.717) is 25.5 Å². The lowest BCUT2D eigenvalue weighted by atomic mass is 10.1. The van der Waals surface area contributed by atoms with Crippen LogP contribution in [0.15, 0.2) is 54.6 Å². The number of hydrogen-bond acceptors (Lipinski definition) is 4. The molecule has 2 aromatic carbocycles. The molecule has 2 aromatic rings. The molecule has 0 bridgehead atoms. The molecule has 0 amide bonds. The molecule has 2 atom stereocenters. The molecule has 2 rings (SSSR count). The first-order chi connectivity index (χ1) is 11.6. The van der Waals surface area contributed by atoms with Crippen molar-refractivity contribution in [2.45, 2.75) is 19.1 Å². The summed E-state index contributed by atoms with van der Waals surface area (Å²) in [5.74, 6) is 0.304. The first-order valence-corrected chi connectivity index (χ1v) is 8.07. The Morgan fingerprint density at radius 2 is 1.72 bits per heavy atom. The highest BCUT2D eigenvalue weighted by Crippen LogP contribution is 2.11. The minimum Gasteiger partial charge on any atom is -0.491 e. The number of benzene rings is 2. The summed E-state index contributed by atoms with van der Waals surface area (Å²) >= 11 is 0. The summed E-state index contributed by atoms with van der Waals surface area (Å²) in [5.41, 5.74) is 1.18. The van der Waals surface area contributed by atoms with E-state index in [9.17, 15) is 9.50 Å². The number of rotatable bonds is 10. The molecular formula is C19H25ClFNO3. The SMILES string of the molecule is CC(NCC(O)COCCOc1ccc(F)cc1)c1ccccc1.Cl. The van der Waals surface area contributed by atoms with E-state index in [-0.39, 0.29) is 30.9 Å². The van der Waals surface area contributed by atoms with Gasteiger partial charge in [-0.25, -0.2) is 4.39 Å². The summed E-state index contributed by atoms with van der Waals surface area (Å²) < 4.78 is 23.5. The largest absolute Gasteiger partial charge is 0.491 e. The predicted molar refractivity (Wildman–Crippen MR) is 98.8 cm³/mol. The maximum absolute atomic E-state index is 12.7. The zero-order valence-corrected chi connectivity index (χ0v) is 15.0. The summed E-state index contributed by atoms with van der Waals surface area (Å²) in [6, 6.07) is 16.1. The van der Waals surface area contributed by atoms with E-state index in [1.807, 2.05) is 30.3 Å². The van der Waals surface area contributed by atoms with Gasteiger partial charge in [-0.1, -0.05) is 30.3 Å². The lowest BCUT2D eigenvalue weighted by Crippen LogP contribution is -2.32. The van der Waals surface area contributed by atoms with Gasteiger partial charge in [-0.05, 0) is 36.8 Å². The highest BCUT2D eigenvalue weighted by atomic mass is 35.5. The normalized spacial score (nSPS) is 12.9. The Labute approximate surface area is 154 Å². The highest BCUT2D eigenvalue weighted by Gasteiger charge is 2.08. The van der Waals surface area contributed by atoms with Gasteiger partial charge in [0, 0.05) is 12.6 Å². The molecule has 25 heavy (non-hydrogen) atoms. The van der Waals surface area contributed by atoms with Crippen LogP contribution >= 0.6 is 12.4 Å². The molecule has 0 aliphatic heterocycles. The second-order valence-electron chi connectivity index (χ2n) is 5.57. The first-order valence-electron chi connectivity index (χ1n) is 8.07. The van der Waals surface area contributed by atoms with Gasteiger partial charge in [0.15, 0.2) is 0 Å². The summed E-state index contributed by atoms with van der Waals surface area (Å²) in [6.07, 6.45) is -0.581. The Bertz CT molecular complexity index is 583. The molecule has 2 N–H and O–H groups in total. The highest BCUT2D eigenvalue weighted by molar-refractivity contribution is 5.85. The van der Waals surface area contributed by atoms with Crippen LogP contribution in [0.1, 0.15) is 18.5 Å². The fraction of sp³-hybridized carbons (Fsp3) is 0.368. The first kappa shape index (κ1) is 21.4. The molecule has 0 saturated carbocycles. The van der Waals surface area contributed by atoms with Crippen molar-refractivity contribution in [1.82, 2.24) is 5.32 Å². The molecule has 0 aliphatic carbocycles. The van der Waals surface area contributed by atoms with Gasteiger partial charge in [-0.2, -0.15) is 0 Å². The minimum absolute atomic E-state index is 0. The number of aliphatic hydroxyl groups excluding tert-OH is 1. The van der Waals surface area contributed by atoms with Gasteiger partial charge in [0.2, 0.25) is 0 Å². The van der Waals surface area contributed by atoms with E-state index in [0.717, 1.165) is 0 Å². The summed E-state index contributed by atoms with van der Waals surface area (Å²) in [6.45, 7) is 3.46. The van der Waals surface area contributed by atoms with E-state index in [1.165, 1.54) is 17.7 Å². The molecule has 0 fully saturated rings. The molecule has 4 nitrogen and oxygen atoms in total. The van der Waals surface area contributed by atoms with Crippen molar-refractivity contribution in [2.75, 3.05) is 26.4 Å². The van der Waals surface area contributed by atoms with Crippen LogP contribution in [0.3, 0.4) is 0 Å². The standard InChI is InChI=1S/C19H24FNO3.ClH/c1-15(16-5-3-2-4-6-16)21-13-18(22)14-23-11-12-24-19-9-7-17(20)8-10-19;/h2-10,15,18,21-22H,11-14H2,1H3;1H. The van der Waals surface area contributed by atoms with Crippen LogP contribution in [0, 0.1) is 5.82 Å². The van der Waals surface area contributed by atoms with Gasteiger partial charge in [0.25, 0.3) is 0 Å². The fourth-order valence-electron chi connectivity index (χ4n) is 2.20. The van der Waals surface area contributed by atoms with Crippen molar-refractivity contribution in [3.05, 3.63) is 66.0 Å². The van der Waals surface area contributed by atoms with E-state index < -0.39 is 6.10 Å². The van der Waals surface area contributed by atoms with Crippen molar-refractivity contribution in [2.24, 2.45) is 0 Å². The van der Waals surface area contributed by atoms with Crippen LogP contribution in [-0.4, -0.2) is 37.6 Å². The van der Waals surface area contributed by atoms with Crippen molar-refractivity contribution < 1.29 is 19.0 Å². The van der Waals surface area contributed by atoms with E-state index in [2.05, 4.69) is 12.2 Å². The quantitative estimate of drug-likeness (QED) is 0.630. The number of ether oxygens (including phenoxy) is 2. The van der Waals surface area contributed by atoms with Crippen molar-refractivity contribution in [3.8, 4) is 5.75 Å². The van der Waals surface area contributed by atoms with Crippen LogP contribution < -0.4 is 10.1 Å². The van der Waals surface area contributed by atoms with Crippen LogP contribution in [0.4, 0.5) is 4.39 Å². The van der Waals surface area contributed by atoms with Crippen molar-refractivity contribution in [3.63, 3.8) is 0 Å². The Kier molecular flexibility index (Phi) is 10.1. The fourth-order valence-corrected chi connectivity index (χ4v) is 2.20. The molecule has 2 unspecified atom stereocenters. The average Bonchev–Trinajstić information content (AvgIpc) is 2.61. The third-order valence-electron chi connectivity index (χ3n) is 3.58. The summed E-state index contributed by atoms with van der Waals surface area (Å²) in [5, 5.41) is 13.2. The maximum atomic E-state index is 12.7. The van der Waals surface area contributed by atoms with Crippen LogP contribution in [0.25, 0.3) is 0 Å². The third-order valence-corrected chi connectivity index (χ3v) is 3.58. The van der Waals surface area contributed by atoms with E-state index in [4.69, 9.17) is 9.47 Å². The number of halogens is 2. The lowest BCUT2D eigenvalue weighted by molar-refractivity contribution is 0.0242. The predicted octanol–water partition coefficient (Wildman–Crippen LogP) is 3.35. The number of hydrogen-bond donors (Lipinski definition) is 2. The monoisotopic (exact) mass is 369 g/mol. The smallest absolute Gasteiger partial charge is 0.123 e. The summed E-state index contributed by atoms with van der Waals surface area (Å²) in [7, 11) is 0. The second-order valence-corrected chi connectivity index (χ2v) is 5.57. The Balaban J connectivity index is 0.00000312. The Hall–Kier alpha value is -1.66. The van der Waals surface area contributed by atoms with Gasteiger partial charge in [-0.15, -0.1) is 12.4 Å². The molecule has 0 aromatic heterocycles. The van der Waals surface area contributed by atoms with Crippen LogP contribution in [-0.2, 0) is 4.74 Å². The zero-order chi connectivity index (χ0) is 17.2. The van der Waals surface area contributed by atoms with E-state index in [1.54, 1.807) is 12.1 Å². The van der Waals surface area contributed by atoms with E-state index >= 15 is 0 Å². The lowest BCUT2D eigenvalue weighted by Gasteiger charge is -2.17. The van der Waals surface area contributed by atoms with Crippen LogP contribution in [0.5, 0.6) is 5.75 Å². The molecule has 0 heterocycles. The van der Waals surface area contributed by atoms with Gasteiger partial charge in [0.1, 0.15) is 18.2 Å². The van der Waals surface area contributed by atoms with Gasteiger partial charge in [0.05, 0.1) is 19.3 Å². The summed E-state index contributed by atoms with van der Waals surface area (Å²) in [4.78, 5) is 0.